The number of hydrogen-bond acceptors (Lipinski definition) is 3. The molecule has 0 aliphatic heterocycles. The standard InChI is InChI=1S/C11H13ClN2O2S/c1-3-4-5-14-17(15,16)9-6-8(2)11(12)10(13)7-9/h6-7,14H,5,13H2,1-2H3. The van der Waals surface area contributed by atoms with Crippen LogP contribution in [0.15, 0.2) is 17.0 Å². The van der Waals surface area contributed by atoms with Crippen LogP contribution in [0.4, 0.5) is 5.69 Å². The van der Waals surface area contributed by atoms with Crippen molar-refractivity contribution in [2.45, 2.75) is 18.7 Å². The number of hydrogen-bond donors (Lipinski definition) is 2. The molecule has 17 heavy (non-hydrogen) atoms. The highest BCUT2D eigenvalue weighted by Crippen LogP contribution is 2.26. The van der Waals surface area contributed by atoms with E-state index in [4.69, 9.17) is 17.3 Å². The maximum absolute atomic E-state index is 11.8. The molecular weight excluding hydrogens is 260 g/mol. The zero-order chi connectivity index (χ0) is 13.1. The fourth-order valence-corrected chi connectivity index (χ4v) is 2.37. The zero-order valence-corrected chi connectivity index (χ0v) is 11.1. The van der Waals surface area contributed by atoms with E-state index < -0.39 is 10.0 Å². The lowest BCUT2D eigenvalue weighted by Crippen LogP contribution is -2.24. The van der Waals surface area contributed by atoms with Crippen molar-refractivity contribution in [1.29, 1.82) is 0 Å². The molecule has 0 aliphatic rings. The number of nitrogen functional groups attached to an aromatic ring is 1. The van der Waals surface area contributed by atoms with E-state index in [1.165, 1.54) is 12.1 Å². The minimum Gasteiger partial charge on any atom is -0.397 e. The fraction of sp³-hybridized carbons (Fsp3) is 0.273. The molecule has 0 atom stereocenters. The van der Waals surface area contributed by atoms with Gasteiger partial charge in [0.25, 0.3) is 0 Å². The first-order valence-electron chi connectivity index (χ1n) is 4.83. The van der Waals surface area contributed by atoms with Crippen molar-refractivity contribution >= 4 is 27.3 Å². The Morgan fingerprint density at radius 3 is 2.65 bits per heavy atom. The summed E-state index contributed by atoms with van der Waals surface area (Å²) in [5.74, 6) is 5.22. The second kappa shape index (κ2) is 5.41. The Kier molecular flexibility index (Phi) is 4.40. The van der Waals surface area contributed by atoms with Crippen molar-refractivity contribution in [3.05, 3.63) is 22.7 Å². The molecule has 0 spiro atoms. The van der Waals surface area contributed by atoms with Gasteiger partial charge >= 0.3 is 0 Å². The minimum atomic E-state index is -3.59. The first kappa shape index (κ1) is 13.8. The Labute approximate surface area is 106 Å². The summed E-state index contributed by atoms with van der Waals surface area (Å²) >= 11 is 5.86. The monoisotopic (exact) mass is 272 g/mol. The van der Waals surface area contributed by atoms with Gasteiger partial charge in [0.15, 0.2) is 0 Å². The Balaban J connectivity index is 3.10. The third kappa shape index (κ3) is 3.37. The molecule has 1 rings (SSSR count). The summed E-state index contributed by atoms with van der Waals surface area (Å²) in [5, 5.41) is 0.372. The highest BCUT2D eigenvalue weighted by Gasteiger charge is 2.15. The van der Waals surface area contributed by atoms with E-state index in [1.807, 2.05) is 0 Å². The molecule has 0 aromatic heterocycles. The first-order chi connectivity index (χ1) is 7.88. The van der Waals surface area contributed by atoms with Crippen LogP contribution in [0.2, 0.25) is 5.02 Å². The van der Waals surface area contributed by atoms with Crippen molar-refractivity contribution < 1.29 is 8.42 Å². The van der Waals surface area contributed by atoms with Crippen LogP contribution < -0.4 is 10.5 Å². The average Bonchev–Trinajstić information content (AvgIpc) is 2.25. The summed E-state index contributed by atoms with van der Waals surface area (Å²) in [6.07, 6.45) is 0. The molecule has 0 saturated heterocycles. The number of benzene rings is 1. The van der Waals surface area contributed by atoms with Gasteiger partial charge in [-0.1, -0.05) is 17.5 Å². The summed E-state index contributed by atoms with van der Waals surface area (Å²) in [6, 6.07) is 2.80. The van der Waals surface area contributed by atoms with Crippen LogP contribution in [0, 0.1) is 18.8 Å². The van der Waals surface area contributed by atoms with Gasteiger partial charge in [0.05, 0.1) is 22.2 Å². The van der Waals surface area contributed by atoms with Crippen molar-refractivity contribution in [3.63, 3.8) is 0 Å². The molecule has 4 nitrogen and oxygen atoms in total. The summed E-state index contributed by atoms with van der Waals surface area (Å²) in [7, 11) is -3.59. The summed E-state index contributed by atoms with van der Waals surface area (Å²) in [4.78, 5) is 0.0924. The van der Waals surface area contributed by atoms with Gasteiger partial charge in [0.2, 0.25) is 10.0 Å². The Bertz CT molecular complexity index is 562. The van der Waals surface area contributed by atoms with Crippen molar-refractivity contribution in [1.82, 2.24) is 4.72 Å². The Morgan fingerprint density at radius 1 is 1.47 bits per heavy atom. The SMILES string of the molecule is CC#CCNS(=O)(=O)c1cc(C)c(Cl)c(N)c1. The molecule has 0 saturated carbocycles. The molecule has 1 aromatic rings. The van der Waals surface area contributed by atoms with E-state index >= 15 is 0 Å². The van der Waals surface area contributed by atoms with Crippen molar-refractivity contribution in [2.24, 2.45) is 0 Å². The average molecular weight is 273 g/mol. The molecular formula is C11H13ClN2O2S. The van der Waals surface area contributed by atoms with E-state index in [-0.39, 0.29) is 17.1 Å². The van der Waals surface area contributed by atoms with Gasteiger partial charge in [-0.3, -0.25) is 0 Å². The number of nitrogens with one attached hydrogen (secondary N) is 1. The Hall–Kier alpha value is -1.22. The highest BCUT2D eigenvalue weighted by molar-refractivity contribution is 7.89. The molecule has 3 N–H and O–H groups in total. The van der Waals surface area contributed by atoms with Crippen LogP contribution in [-0.4, -0.2) is 15.0 Å². The number of anilines is 1. The quantitative estimate of drug-likeness (QED) is 0.647. The lowest BCUT2D eigenvalue weighted by atomic mass is 10.2. The predicted octanol–water partition coefficient (Wildman–Crippen LogP) is 1.53. The first-order valence-corrected chi connectivity index (χ1v) is 6.69. The van der Waals surface area contributed by atoms with Gasteiger partial charge in [0, 0.05) is 0 Å². The van der Waals surface area contributed by atoms with Gasteiger partial charge in [0.1, 0.15) is 0 Å². The summed E-state index contributed by atoms with van der Waals surface area (Å²) in [5.41, 5.74) is 6.48. The molecule has 6 heteroatoms. The number of nitrogens with two attached hydrogens (primary N) is 1. The molecule has 0 unspecified atom stereocenters. The van der Waals surface area contributed by atoms with Gasteiger partial charge in [-0.15, -0.1) is 5.92 Å². The molecule has 0 fully saturated rings. The zero-order valence-electron chi connectivity index (χ0n) is 9.54. The fourth-order valence-electron chi connectivity index (χ4n) is 1.22. The second-order valence-corrected chi connectivity index (χ2v) is 5.54. The van der Waals surface area contributed by atoms with E-state index in [2.05, 4.69) is 16.6 Å². The van der Waals surface area contributed by atoms with Gasteiger partial charge < -0.3 is 5.73 Å². The molecule has 0 radical (unpaired) electrons. The highest BCUT2D eigenvalue weighted by atomic mass is 35.5. The van der Waals surface area contributed by atoms with Gasteiger partial charge in [-0.2, -0.15) is 4.72 Å². The van der Waals surface area contributed by atoms with Crippen LogP contribution in [-0.2, 0) is 10.0 Å². The van der Waals surface area contributed by atoms with E-state index in [0.717, 1.165) is 0 Å². The lowest BCUT2D eigenvalue weighted by Gasteiger charge is -2.08. The minimum absolute atomic E-state index is 0.0699. The van der Waals surface area contributed by atoms with Crippen LogP contribution in [0.5, 0.6) is 0 Å². The molecule has 0 amide bonds. The smallest absolute Gasteiger partial charge is 0.241 e. The van der Waals surface area contributed by atoms with E-state index in [9.17, 15) is 8.42 Å². The number of halogens is 1. The Morgan fingerprint density at radius 2 is 2.12 bits per heavy atom. The number of sulfonamides is 1. The van der Waals surface area contributed by atoms with Gasteiger partial charge in [-0.05, 0) is 31.5 Å². The molecule has 0 heterocycles. The lowest BCUT2D eigenvalue weighted by molar-refractivity contribution is 0.586. The van der Waals surface area contributed by atoms with Crippen LogP contribution in [0.25, 0.3) is 0 Å². The summed E-state index contributed by atoms with van der Waals surface area (Å²) in [6.45, 7) is 3.41. The van der Waals surface area contributed by atoms with E-state index in [1.54, 1.807) is 13.8 Å². The summed E-state index contributed by atoms with van der Waals surface area (Å²) < 4.78 is 26.0. The maximum Gasteiger partial charge on any atom is 0.241 e. The van der Waals surface area contributed by atoms with Crippen LogP contribution in [0.1, 0.15) is 12.5 Å². The van der Waals surface area contributed by atoms with Crippen molar-refractivity contribution in [3.8, 4) is 11.8 Å². The van der Waals surface area contributed by atoms with E-state index in [0.29, 0.717) is 10.6 Å². The van der Waals surface area contributed by atoms with Crippen molar-refractivity contribution in [2.75, 3.05) is 12.3 Å². The second-order valence-electron chi connectivity index (χ2n) is 3.39. The van der Waals surface area contributed by atoms with Gasteiger partial charge in [-0.25, -0.2) is 8.42 Å². The molecule has 1 aromatic carbocycles. The normalized spacial score (nSPS) is 10.8. The maximum atomic E-state index is 11.8. The third-order valence-electron chi connectivity index (χ3n) is 2.09. The van der Waals surface area contributed by atoms with Crippen LogP contribution >= 0.6 is 11.6 Å². The predicted molar refractivity (Wildman–Crippen MR) is 69.2 cm³/mol. The number of rotatable bonds is 3. The third-order valence-corrected chi connectivity index (χ3v) is 3.99. The number of aryl methyl sites for hydroxylation is 1. The molecule has 0 bridgehead atoms. The molecule has 92 valence electrons. The molecule has 0 aliphatic carbocycles. The topological polar surface area (TPSA) is 72.2 Å². The van der Waals surface area contributed by atoms with Crippen LogP contribution in [0.3, 0.4) is 0 Å². The largest absolute Gasteiger partial charge is 0.397 e.